The molecular weight excluding hydrogens is 524 g/mol. The number of carbonyl (C=O) groups is 1. The molecule has 0 bridgehead atoms. The number of aliphatic hydroxyl groups is 1. The minimum atomic E-state index is -0.531. The summed E-state index contributed by atoms with van der Waals surface area (Å²) in [6.07, 6.45) is 1.92. The molecule has 0 aliphatic carbocycles. The standard InChI is InChI=1S/C36H38N2O4/c1-3-19-38(2)24-33-22-34(28-17-15-26(25-39)16-18-28)42-36(41-33)32-14-8-13-31(21-32)30-12-7-9-27(20-30)23-37-35(40)29-10-5-4-6-11-29/h3-18,20-21,33-34,36,39H,1,19,22-25H2,2H3,(H,37,40). The molecule has 3 atom stereocenters. The van der Waals surface area contributed by atoms with Crippen LogP contribution in [0.4, 0.5) is 0 Å². The number of hydrogen-bond acceptors (Lipinski definition) is 5. The number of nitrogens with zero attached hydrogens (tertiary/aromatic N) is 1. The second kappa shape index (κ2) is 14.2. The Balaban J connectivity index is 1.34. The summed E-state index contributed by atoms with van der Waals surface area (Å²) in [7, 11) is 2.07. The van der Waals surface area contributed by atoms with E-state index >= 15 is 0 Å². The van der Waals surface area contributed by atoms with Crippen molar-refractivity contribution in [2.24, 2.45) is 0 Å². The quantitative estimate of drug-likeness (QED) is 0.206. The van der Waals surface area contributed by atoms with Crippen LogP contribution in [0.15, 0.2) is 116 Å². The summed E-state index contributed by atoms with van der Waals surface area (Å²) in [5.41, 5.74) is 6.65. The number of amides is 1. The molecule has 2 N–H and O–H groups in total. The number of ether oxygens (including phenoxy) is 2. The van der Waals surface area contributed by atoms with Gasteiger partial charge in [-0.25, -0.2) is 0 Å². The molecule has 0 radical (unpaired) electrons. The van der Waals surface area contributed by atoms with Crippen molar-refractivity contribution in [3.05, 3.63) is 144 Å². The topological polar surface area (TPSA) is 71.0 Å². The van der Waals surface area contributed by atoms with Crippen LogP contribution >= 0.6 is 0 Å². The van der Waals surface area contributed by atoms with Crippen LogP contribution in [0.3, 0.4) is 0 Å². The number of rotatable bonds is 11. The zero-order valence-electron chi connectivity index (χ0n) is 24.0. The number of likely N-dealkylation sites (N-methyl/N-ethyl adjacent to an activating group) is 1. The van der Waals surface area contributed by atoms with Gasteiger partial charge in [-0.15, -0.1) is 6.58 Å². The number of hydrogen-bond donors (Lipinski definition) is 2. The van der Waals surface area contributed by atoms with Crippen molar-refractivity contribution in [2.75, 3.05) is 20.1 Å². The fraction of sp³-hybridized carbons (Fsp3) is 0.250. The Morgan fingerprint density at radius 3 is 2.38 bits per heavy atom. The van der Waals surface area contributed by atoms with Crippen molar-refractivity contribution in [1.82, 2.24) is 10.2 Å². The Labute approximate surface area is 248 Å². The van der Waals surface area contributed by atoms with Crippen LogP contribution in [0.25, 0.3) is 11.1 Å². The van der Waals surface area contributed by atoms with Gasteiger partial charge in [0.05, 0.1) is 18.8 Å². The van der Waals surface area contributed by atoms with Gasteiger partial charge in [0.1, 0.15) is 0 Å². The highest BCUT2D eigenvalue weighted by molar-refractivity contribution is 5.94. The third-order valence-corrected chi connectivity index (χ3v) is 7.48. The van der Waals surface area contributed by atoms with Gasteiger partial charge in [-0.2, -0.15) is 0 Å². The van der Waals surface area contributed by atoms with E-state index in [2.05, 4.69) is 48.1 Å². The van der Waals surface area contributed by atoms with Gasteiger partial charge >= 0.3 is 0 Å². The molecule has 3 unspecified atom stereocenters. The van der Waals surface area contributed by atoms with Gasteiger partial charge in [0, 0.05) is 37.2 Å². The van der Waals surface area contributed by atoms with Gasteiger partial charge < -0.3 is 24.8 Å². The van der Waals surface area contributed by atoms with Gasteiger partial charge in [0.15, 0.2) is 6.29 Å². The predicted molar refractivity (Wildman–Crippen MR) is 166 cm³/mol. The molecule has 1 fully saturated rings. The first kappa shape index (κ1) is 29.4. The fourth-order valence-corrected chi connectivity index (χ4v) is 5.28. The first-order valence-corrected chi connectivity index (χ1v) is 14.3. The molecule has 1 amide bonds. The molecule has 1 aliphatic rings. The van der Waals surface area contributed by atoms with Crippen molar-refractivity contribution in [3.63, 3.8) is 0 Å². The Bertz CT molecular complexity index is 1470. The molecule has 5 rings (SSSR count). The van der Waals surface area contributed by atoms with E-state index in [4.69, 9.17) is 9.47 Å². The van der Waals surface area contributed by atoms with Gasteiger partial charge in [-0.3, -0.25) is 4.79 Å². The molecule has 216 valence electrons. The molecule has 0 spiro atoms. The van der Waals surface area contributed by atoms with Crippen LogP contribution in [0.1, 0.15) is 51.4 Å². The van der Waals surface area contributed by atoms with Crippen LogP contribution in [-0.2, 0) is 22.6 Å². The molecule has 4 aromatic rings. The van der Waals surface area contributed by atoms with Crippen LogP contribution in [-0.4, -0.2) is 42.2 Å². The smallest absolute Gasteiger partial charge is 0.251 e. The summed E-state index contributed by atoms with van der Waals surface area (Å²) in [5, 5.41) is 12.5. The highest BCUT2D eigenvalue weighted by Crippen LogP contribution is 2.39. The molecule has 0 saturated carbocycles. The third-order valence-electron chi connectivity index (χ3n) is 7.48. The molecule has 6 nitrogen and oxygen atoms in total. The SMILES string of the molecule is C=CCN(C)CC1CC(c2ccc(CO)cc2)OC(c2cccc(-c3cccc(CNC(=O)c4ccccc4)c3)c2)O1. The molecule has 1 heterocycles. The lowest BCUT2D eigenvalue weighted by Gasteiger charge is -2.37. The summed E-state index contributed by atoms with van der Waals surface area (Å²) in [5.74, 6) is -0.0940. The van der Waals surface area contributed by atoms with Crippen LogP contribution < -0.4 is 5.32 Å². The van der Waals surface area contributed by atoms with Gasteiger partial charge in [-0.05, 0) is 59.1 Å². The van der Waals surface area contributed by atoms with Crippen LogP contribution in [0.5, 0.6) is 0 Å². The summed E-state index contributed by atoms with van der Waals surface area (Å²) >= 11 is 0. The number of nitrogens with one attached hydrogen (secondary N) is 1. The first-order chi connectivity index (χ1) is 20.5. The average molecular weight is 563 g/mol. The Morgan fingerprint density at radius 2 is 1.64 bits per heavy atom. The van der Waals surface area contributed by atoms with Crippen LogP contribution in [0.2, 0.25) is 0 Å². The van der Waals surface area contributed by atoms with Gasteiger partial charge in [0.2, 0.25) is 0 Å². The number of carbonyl (C=O) groups excluding carboxylic acids is 1. The molecule has 4 aromatic carbocycles. The maximum atomic E-state index is 12.5. The summed E-state index contributed by atoms with van der Waals surface area (Å²) in [4.78, 5) is 14.7. The van der Waals surface area contributed by atoms with Gasteiger partial charge in [-0.1, -0.05) is 84.9 Å². The molecule has 0 aromatic heterocycles. The Kier molecular flexibility index (Phi) is 9.95. The van der Waals surface area contributed by atoms with Crippen molar-refractivity contribution in [1.29, 1.82) is 0 Å². The van der Waals surface area contributed by atoms with E-state index in [9.17, 15) is 9.90 Å². The van der Waals surface area contributed by atoms with E-state index in [1.54, 1.807) is 0 Å². The second-order valence-corrected chi connectivity index (χ2v) is 10.7. The van der Waals surface area contributed by atoms with Crippen molar-refractivity contribution in [3.8, 4) is 11.1 Å². The maximum absolute atomic E-state index is 12.5. The summed E-state index contributed by atoms with van der Waals surface area (Å²) in [6, 6.07) is 33.6. The normalized spacial score (nSPS) is 18.5. The minimum absolute atomic E-state index is 0.0138. The number of aliphatic hydroxyl groups excluding tert-OH is 1. The van der Waals surface area contributed by atoms with Crippen molar-refractivity contribution >= 4 is 5.91 Å². The predicted octanol–water partition coefficient (Wildman–Crippen LogP) is 6.44. The Hall–Kier alpha value is -4.07. The summed E-state index contributed by atoms with van der Waals surface area (Å²) in [6.45, 7) is 5.85. The molecule has 42 heavy (non-hydrogen) atoms. The van der Waals surface area contributed by atoms with E-state index in [0.29, 0.717) is 12.1 Å². The average Bonchev–Trinajstić information content (AvgIpc) is 3.04. The van der Waals surface area contributed by atoms with Gasteiger partial charge in [0.25, 0.3) is 5.91 Å². The molecule has 1 saturated heterocycles. The second-order valence-electron chi connectivity index (χ2n) is 10.7. The van der Waals surface area contributed by atoms with Crippen LogP contribution in [0, 0.1) is 0 Å². The lowest BCUT2D eigenvalue weighted by Crippen LogP contribution is -2.37. The highest BCUT2D eigenvalue weighted by atomic mass is 16.7. The third kappa shape index (κ3) is 7.60. The highest BCUT2D eigenvalue weighted by Gasteiger charge is 2.32. The maximum Gasteiger partial charge on any atom is 0.251 e. The van der Waals surface area contributed by atoms with E-state index in [0.717, 1.165) is 52.9 Å². The molecule has 1 aliphatic heterocycles. The minimum Gasteiger partial charge on any atom is -0.392 e. The lowest BCUT2D eigenvalue weighted by molar-refractivity contribution is -0.252. The Morgan fingerprint density at radius 1 is 0.905 bits per heavy atom. The molecular formula is C36H38N2O4. The number of benzene rings is 4. The fourth-order valence-electron chi connectivity index (χ4n) is 5.28. The lowest BCUT2D eigenvalue weighted by atomic mass is 9.98. The zero-order chi connectivity index (χ0) is 29.3. The monoisotopic (exact) mass is 562 g/mol. The van der Waals surface area contributed by atoms with Crippen molar-refractivity contribution in [2.45, 2.75) is 38.1 Å². The van der Waals surface area contributed by atoms with E-state index in [-0.39, 0.29) is 24.7 Å². The van der Waals surface area contributed by atoms with E-state index in [1.165, 1.54) is 0 Å². The first-order valence-electron chi connectivity index (χ1n) is 14.3. The largest absolute Gasteiger partial charge is 0.392 e. The molecule has 6 heteroatoms. The van der Waals surface area contributed by atoms with E-state index < -0.39 is 6.29 Å². The van der Waals surface area contributed by atoms with E-state index in [1.807, 2.05) is 84.9 Å². The zero-order valence-corrected chi connectivity index (χ0v) is 24.0. The van der Waals surface area contributed by atoms with Crippen molar-refractivity contribution < 1.29 is 19.4 Å². The summed E-state index contributed by atoms with van der Waals surface area (Å²) < 4.78 is 13.1.